The Morgan fingerprint density at radius 3 is 2.68 bits per heavy atom. The molecule has 1 aromatic heterocycles. The van der Waals surface area contributed by atoms with Crippen LogP contribution in [-0.4, -0.2) is 10.9 Å². The van der Waals surface area contributed by atoms with E-state index in [1.165, 1.54) is 0 Å². The molecule has 1 aromatic carbocycles. The summed E-state index contributed by atoms with van der Waals surface area (Å²) in [6.45, 7) is 3.83. The highest BCUT2D eigenvalue weighted by Crippen LogP contribution is 2.36. The van der Waals surface area contributed by atoms with Gasteiger partial charge in [0.15, 0.2) is 5.76 Å². The minimum atomic E-state index is -0.993. The lowest BCUT2D eigenvalue weighted by molar-refractivity contribution is -0.124. The number of hydrogen-bond donors (Lipinski definition) is 2. The number of aryl methyl sites for hydroxylation is 2. The molecule has 19 heavy (non-hydrogen) atoms. The fourth-order valence-corrected chi connectivity index (χ4v) is 2.26. The van der Waals surface area contributed by atoms with Gasteiger partial charge in [-0.15, -0.1) is 0 Å². The molecular formula is C14H13NO4. The van der Waals surface area contributed by atoms with Crippen molar-refractivity contribution in [2.45, 2.75) is 20.0 Å². The van der Waals surface area contributed by atoms with Gasteiger partial charge in [0.05, 0.1) is 0 Å². The quantitative estimate of drug-likeness (QED) is 0.821. The Bertz CT molecular complexity index is 726. The number of aliphatic hydroxyl groups is 1. The van der Waals surface area contributed by atoms with Crippen molar-refractivity contribution in [3.8, 4) is 0 Å². The number of aliphatic hydroxyl groups excluding tert-OH is 1. The zero-order valence-electron chi connectivity index (χ0n) is 10.6. The number of furan rings is 1. The second-order valence-electron chi connectivity index (χ2n) is 4.67. The predicted octanol–water partition coefficient (Wildman–Crippen LogP) is 2.38. The maximum Gasteiger partial charge on any atom is 0.251 e. The first-order chi connectivity index (χ1) is 8.99. The second kappa shape index (κ2) is 3.78. The Morgan fingerprint density at radius 2 is 2.05 bits per heavy atom. The molecule has 0 aliphatic carbocycles. The number of Topliss-reactive ketones (excluding diaryl/α,β-unsaturated/α-hetero) is 1. The molecule has 5 nitrogen and oxygen atoms in total. The highest BCUT2D eigenvalue weighted by molar-refractivity contribution is 6.00. The molecule has 2 aromatic rings. The van der Waals surface area contributed by atoms with Gasteiger partial charge in [0.2, 0.25) is 17.7 Å². The highest BCUT2D eigenvalue weighted by Gasteiger charge is 2.39. The van der Waals surface area contributed by atoms with Crippen LogP contribution in [0.5, 0.6) is 0 Å². The maximum absolute atomic E-state index is 11.8. The normalized spacial score (nSPS) is 19.3. The second-order valence-corrected chi connectivity index (χ2v) is 4.67. The summed E-state index contributed by atoms with van der Waals surface area (Å²) in [5.74, 6) is -0.985. The summed E-state index contributed by atoms with van der Waals surface area (Å²) in [7, 11) is 0. The molecule has 1 atom stereocenters. The van der Waals surface area contributed by atoms with E-state index in [2.05, 4.69) is 0 Å². The van der Waals surface area contributed by atoms with E-state index in [9.17, 15) is 9.90 Å². The number of carbonyl (C=O) groups excluding carboxylic acids is 1. The van der Waals surface area contributed by atoms with Gasteiger partial charge in [-0.3, -0.25) is 4.79 Å². The molecule has 3 rings (SSSR count). The van der Waals surface area contributed by atoms with Crippen molar-refractivity contribution in [1.82, 2.24) is 0 Å². The van der Waals surface area contributed by atoms with Gasteiger partial charge < -0.3 is 20.0 Å². The van der Waals surface area contributed by atoms with Gasteiger partial charge in [0.25, 0.3) is 5.78 Å². The largest absolute Gasteiger partial charge is 0.501 e. The van der Waals surface area contributed by atoms with Crippen LogP contribution >= 0.6 is 0 Å². The zero-order valence-corrected chi connectivity index (χ0v) is 10.6. The lowest BCUT2D eigenvalue weighted by Crippen LogP contribution is -2.10. The highest BCUT2D eigenvalue weighted by atomic mass is 16.5. The molecule has 0 saturated heterocycles. The van der Waals surface area contributed by atoms with Crippen LogP contribution in [0.3, 0.4) is 0 Å². The molecule has 0 radical (unpaired) electrons. The van der Waals surface area contributed by atoms with Gasteiger partial charge in [0, 0.05) is 10.9 Å². The van der Waals surface area contributed by atoms with Crippen molar-refractivity contribution in [3.05, 3.63) is 46.7 Å². The third kappa shape index (κ3) is 1.58. The Balaban J connectivity index is 2.13. The van der Waals surface area contributed by atoms with Gasteiger partial charge >= 0.3 is 0 Å². The molecule has 0 fully saturated rings. The van der Waals surface area contributed by atoms with Crippen molar-refractivity contribution < 1.29 is 19.1 Å². The van der Waals surface area contributed by atoms with Gasteiger partial charge in [0.1, 0.15) is 5.58 Å². The van der Waals surface area contributed by atoms with E-state index < -0.39 is 17.6 Å². The fraction of sp³-hybridized carbons (Fsp3) is 0.214. The van der Waals surface area contributed by atoms with Crippen LogP contribution in [0.1, 0.15) is 23.0 Å². The number of fused-ring (bicyclic) bond motifs is 1. The molecule has 1 unspecified atom stereocenters. The number of carbonyl (C=O) groups is 1. The maximum atomic E-state index is 11.8. The zero-order chi connectivity index (χ0) is 13.7. The number of rotatable bonds is 1. The molecule has 1 aliphatic heterocycles. The van der Waals surface area contributed by atoms with Crippen LogP contribution in [0.4, 0.5) is 0 Å². The van der Waals surface area contributed by atoms with Crippen molar-refractivity contribution in [2.24, 2.45) is 5.73 Å². The van der Waals surface area contributed by atoms with E-state index in [1.807, 2.05) is 32.0 Å². The van der Waals surface area contributed by atoms with Crippen molar-refractivity contribution in [2.75, 3.05) is 0 Å². The van der Waals surface area contributed by atoms with Gasteiger partial charge in [-0.1, -0.05) is 11.6 Å². The first kappa shape index (κ1) is 11.6. The van der Waals surface area contributed by atoms with Gasteiger partial charge in [-0.05, 0) is 26.0 Å². The topological polar surface area (TPSA) is 85.7 Å². The molecule has 98 valence electrons. The standard InChI is InChI=1S/C14H13NO4/c1-6-3-4-9-8(5-6)7(2)12(18-9)13-10(16)11(17)14(15)19-13/h3-5,13,17H,15H2,1-2H3. The lowest BCUT2D eigenvalue weighted by Gasteiger charge is -2.07. The molecule has 1 aliphatic rings. The lowest BCUT2D eigenvalue weighted by atomic mass is 10.1. The van der Waals surface area contributed by atoms with Gasteiger partial charge in [-0.25, -0.2) is 0 Å². The van der Waals surface area contributed by atoms with Gasteiger partial charge in [-0.2, -0.15) is 0 Å². The molecule has 5 heteroatoms. The molecule has 3 N–H and O–H groups in total. The first-order valence-corrected chi connectivity index (χ1v) is 5.88. The summed E-state index contributed by atoms with van der Waals surface area (Å²) in [6.07, 6.45) is -0.993. The molecule has 0 bridgehead atoms. The van der Waals surface area contributed by atoms with E-state index in [4.69, 9.17) is 14.9 Å². The Hall–Kier alpha value is -2.43. The molecule has 0 spiro atoms. The Labute approximate surface area is 109 Å². The van der Waals surface area contributed by atoms with E-state index in [1.54, 1.807) is 0 Å². The number of benzene rings is 1. The van der Waals surface area contributed by atoms with Crippen LogP contribution < -0.4 is 5.73 Å². The fourth-order valence-electron chi connectivity index (χ4n) is 2.26. The predicted molar refractivity (Wildman–Crippen MR) is 68.4 cm³/mol. The molecular weight excluding hydrogens is 246 g/mol. The summed E-state index contributed by atoms with van der Waals surface area (Å²) >= 11 is 0. The third-order valence-corrected chi connectivity index (χ3v) is 3.32. The summed E-state index contributed by atoms with van der Waals surface area (Å²) < 4.78 is 10.8. The van der Waals surface area contributed by atoms with Crippen LogP contribution in [0, 0.1) is 13.8 Å². The van der Waals surface area contributed by atoms with E-state index in [0.717, 1.165) is 16.5 Å². The molecule has 0 amide bonds. The number of nitrogens with two attached hydrogens (primary N) is 1. The average Bonchev–Trinajstić information content (AvgIpc) is 2.83. The molecule has 0 saturated carbocycles. The Kier molecular flexibility index (Phi) is 2.32. The number of ketones is 1. The van der Waals surface area contributed by atoms with Crippen molar-refractivity contribution in [1.29, 1.82) is 0 Å². The van der Waals surface area contributed by atoms with E-state index in [0.29, 0.717) is 11.3 Å². The van der Waals surface area contributed by atoms with E-state index >= 15 is 0 Å². The van der Waals surface area contributed by atoms with Crippen LogP contribution in [-0.2, 0) is 9.53 Å². The van der Waals surface area contributed by atoms with E-state index in [-0.39, 0.29) is 5.88 Å². The molecule has 2 heterocycles. The van der Waals surface area contributed by atoms with Crippen molar-refractivity contribution in [3.63, 3.8) is 0 Å². The number of hydrogen-bond acceptors (Lipinski definition) is 5. The SMILES string of the molecule is Cc1ccc2oc(C3OC(N)=C(O)C3=O)c(C)c2c1. The van der Waals surface area contributed by atoms with Crippen LogP contribution in [0.25, 0.3) is 11.0 Å². The van der Waals surface area contributed by atoms with Crippen LogP contribution in [0.15, 0.2) is 34.3 Å². The average molecular weight is 259 g/mol. The monoisotopic (exact) mass is 259 g/mol. The third-order valence-electron chi connectivity index (χ3n) is 3.32. The summed E-state index contributed by atoms with van der Waals surface area (Å²) in [4.78, 5) is 11.8. The first-order valence-electron chi connectivity index (χ1n) is 5.88. The number of ether oxygens (including phenoxy) is 1. The summed E-state index contributed by atoms with van der Waals surface area (Å²) in [6, 6.07) is 5.75. The van der Waals surface area contributed by atoms with Crippen molar-refractivity contribution >= 4 is 16.8 Å². The minimum Gasteiger partial charge on any atom is -0.501 e. The van der Waals surface area contributed by atoms with Crippen LogP contribution in [0.2, 0.25) is 0 Å². The smallest absolute Gasteiger partial charge is 0.251 e. The minimum absolute atomic E-state index is 0.258. The Morgan fingerprint density at radius 1 is 1.32 bits per heavy atom. The summed E-state index contributed by atoms with van der Waals surface area (Å²) in [5, 5.41) is 10.4. The summed E-state index contributed by atoms with van der Waals surface area (Å²) in [5.41, 5.74) is 8.01.